The van der Waals surface area contributed by atoms with Crippen molar-refractivity contribution in [1.82, 2.24) is 0 Å². The number of hydrogen-bond acceptors (Lipinski definition) is 1. The second-order valence-corrected chi connectivity index (χ2v) is 10.3. The lowest BCUT2D eigenvalue weighted by Crippen LogP contribution is -2.27. The van der Waals surface area contributed by atoms with Crippen molar-refractivity contribution in [3.05, 3.63) is 107 Å². The number of halogens is 1. The monoisotopic (exact) mass is 449 g/mol. The molecule has 34 heavy (non-hydrogen) atoms. The molecule has 2 heteroatoms. The highest BCUT2D eigenvalue weighted by Gasteiger charge is 2.36. The third-order valence-corrected chi connectivity index (χ3v) is 7.31. The maximum atomic E-state index is 14.3. The standard InChI is InChI=1S/C32H32FN/c1-20(2)34(30-17-24(13-12-21(30)3)23-10-8-7-9-11-23)31-19-27-26-18-25(33)14-15-28(26)32(5,6)29(27)16-22(31)4/h7-20H,1-6H3. The van der Waals surface area contributed by atoms with Crippen molar-refractivity contribution < 1.29 is 4.39 Å². The summed E-state index contributed by atoms with van der Waals surface area (Å²) in [4.78, 5) is 2.43. The zero-order valence-corrected chi connectivity index (χ0v) is 20.9. The third kappa shape index (κ3) is 3.53. The van der Waals surface area contributed by atoms with Crippen molar-refractivity contribution in [2.45, 2.75) is 53.0 Å². The highest BCUT2D eigenvalue weighted by Crippen LogP contribution is 2.51. The second kappa shape index (κ2) is 8.13. The minimum absolute atomic E-state index is 0.145. The van der Waals surface area contributed by atoms with Gasteiger partial charge in [0, 0.05) is 22.8 Å². The van der Waals surface area contributed by atoms with E-state index in [9.17, 15) is 4.39 Å². The van der Waals surface area contributed by atoms with E-state index < -0.39 is 0 Å². The van der Waals surface area contributed by atoms with Crippen LogP contribution >= 0.6 is 0 Å². The molecule has 4 aromatic carbocycles. The fourth-order valence-electron chi connectivity index (χ4n) is 5.49. The van der Waals surface area contributed by atoms with Crippen molar-refractivity contribution in [3.63, 3.8) is 0 Å². The molecule has 0 spiro atoms. The van der Waals surface area contributed by atoms with Crippen LogP contribution in [-0.2, 0) is 5.41 Å². The Morgan fingerprint density at radius 3 is 2.06 bits per heavy atom. The number of aryl methyl sites for hydroxylation is 2. The summed E-state index contributed by atoms with van der Waals surface area (Å²) < 4.78 is 14.3. The largest absolute Gasteiger partial charge is 0.338 e. The summed E-state index contributed by atoms with van der Waals surface area (Å²) in [6, 6.07) is 27.3. The summed E-state index contributed by atoms with van der Waals surface area (Å²) in [5.41, 5.74) is 11.7. The number of anilines is 2. The van der Waals surface area contributed by atoms with Crippen LogP contribution in [0.5, 0.6) is 0 Å². The highest BCUT2D eigenvalue weighted by atomic mass is 19.1. The Labute approximate surface area is 202 Å². The maximum absolute atomic E-state index is 14.3. The SMILES string of the molecule is Cc1ccc(-c2ccccc2)cc1N(c1cc2c(cc1C)C(C)(C)c1ccc(F)cc1-2)C(C)C. The van der Waals surface area contributed by atoms with Crippen molar-refractivity contribution in [1.29, 1.82) is 0 Å². The molecule has 0 saturated carbocycles. The van der Waals surface area contributed by atoms with E-state index >= 15 is 0 Å². The molecule has 0 unspecified atom stereocenters. The first-order valence-electron chi connectivity index (χ1n) is 12.1. The third-order valence-electron chi connectivity index (χ3n) is 7.31. The molecular weight excluding hydrogens is 417 g/mol. The summed E-state index contributed by atoms with van der Waals surface area (Å²) in [5.74, 6) is -0.184. The van der Waals surface area contributed by atoms with Crippen LogP contribution in [0.1, 0.15) is 49.9 Å². The highest BCUT2D eigenvalue weighted by molar-refractivity contribution is 5.86. The van der Waals surface area contributed by atoms with E-state index in [0.717, 1.165) is 11.1 Å². The lowest BCUT2D eigenvalue weighted by molar-refractivity contribution is 0.622. The Morgan fingerprint density at radius 2 is 1.35 bits per heavy atom. The molecule has 1 aliphatic rings. The van der Waals surface area contributed by atoms with Gasteiger partial charge in [0.1, 0.15) is 5.82 Å². The molecule has 0 aromatic heterocycles. The summed E-state index contributed by atoms with van der Waals surface area (Å²) in [7, 11) is 0. The second-order valence-electron chi connectivity index (χ2n) is 10.3. The molecule has 0 N–H and O–H groups in total. The van der Waals surface area contributed by atoms with E-state index in [4.69, 9.17) is 0 Å². The Hall–Kier alpha value is -3.39. The van der Waals surface area contributed by atoms with Gasteiger partial charge in [-0.2, -0.15) is 0 Å². The van der Waals surface area contributed by atoms with E-state index in [-0.39, 0.29) is 17.3 Å². The fourth-order valence-corrected chi connectivity index (χ4v) is 5.49. The average molecular weight is 450 g/mol. The van der Waals surface area contributed by atoms with Gasteiger partial charge < -0.3 is 4.90 Å². The molecule has 0 radical (unpaired) electrons. The first-order valence-corrected chi connectivity index (χ1v) is 12.1. The predicted octanol–water partition coefficient (Wildman–Crippen LogP) is 8.96. The van der Waals surface area contributed by atoms with Gasteiger partial charge in [0.2, 0.25) is 0 Å². The maximum Gasteiger partial charge on any atom is 0.123 e. The molecule has 0 atom stereocenters. The molecule has 0 amide bonds. The van der Waals surface area contributed by atoms with E-state index in [1.807, 2.05) is 6.07 Å². The van der Waals surface area contributed by atoms with Gasteiger partial charge >= 0.3 is 0 Å². The molecule has 0 heterocycles. The summed E-state index contributed by atoms with van der Waals surface area (Å²) in [5, 5.41) is 0. The topological polar surface area (TPSA) is 3.24 Å². The van der Waals surface area contributed by atoms with Crippen LogP contribution in [-0.4, -0.2) is 6.04 Å². The van der Waals surface area contributed by atoms with E-state index in [1.54, 1.807) is 12.1 Å². The van der Waals surface area contributed by atoms with Gasteiger partial charge in [-0.05, 0) is 96.5 Å². The lowest BCUT2D eigenvalue weighted by Gasteiger charge is -2.33. The zero-order valence-electron chi connectivity index (χ0n) is 20.9. The molecule has 172 valence electrons. The minimum Gasteiger partial charge on any atom is -0.338 e. The van der Waals surface area contributed by atoms with Crippen LogP contribution in [0.25, 0.3) is 22.3 Å². The number of benzene rings is 4. The van der Waals surface area contributed by atoms with Crippen LogP contribution in [0.3, 0.4) is 0 Å². The molecule has 0 aliphatic heterocycles. The minimum atomic E-state index is -0.184. The van der Waals surface area contributed by atoms with Crippen LogP contribution in [0.2, 0.25) is 0 Å². The Balaban J connectivity index is 1.70. The van der Waals surface area contributed by atoms with Crippen molar-refractivity contribution in [2.75, 3.05) is 4.90 Å². The van der Waals surface area contributed by atoms with Gasteiger partial charge in [-0.3, -0.25) is 0 Å². The van der Waals surface area contributed by atoms with E-state index in [1.165, 1.54) is 44.8 Å². The van der Waals surface area contributed by atoms with Crippen LogP contribution in [0.4, 0.5) is 15.8 Å². The Kier molecular flexibility index (Phi) is 5.36. The van der Waals surface area contributed by atoms with E-state index in [0.29, 0.717) is 0 Å². The van der Waals surface area contributed by atoms with Gasteiger partial charge in [-0.15, -0.1) is 0 Å². The zero-order chi connectivity index (χ0) is 24.2. The number of nitrogens with zero attached hydrogens (tertiary/aromatic N) is 1. The van der Waals surface area contributed by atoms with Crippen LogP contribution < -0.4 is 4.90 Å². The van der Waals surface area contributed by atoms with Crippen molar-refractivity contribution in [3.8, 4) is 22.3 Å². The van der Waals surface area contributed by atoms with E-state index in [2.05, 4.69) is 107 Å². The fraction of sp³-hybridized carbons (Fsp3) is 0.250. The van der Waals surface area contributed by atoms with Gasteiger partial charge in [0.05, 0.1) is 0 Å². The first kappa shape index (κ1) is 22.4. The molecule has 0 bridgehead atoms. The molecule has 0 fully saturated rings. The predicted molar refractivity (Wildman–Crippen MR) is 143 cm³/mol. The average Bonchev–Trinajstić information content (AvgIpc) is 3.01. The lowest BCUT2D eigenvalue weighted by atomic mass is 9.82. The van der Waals surface area contributed by atoms with Gasteiger partial charge in [0.15, 0.2) is 0 Å². The molecule has 0 saturated heterocycles. The molecule has 1 nitrogen and oxygen atoms in total. The quantitative estimate of drug-likeness (QED) is 0.300. The van der Waals surface area contributed by atoms with Crippen molar-refractivity contribution >= 4 is 11.4 Å². The van der Waals surface area contributed by atoms with Crippen LogP contribution in [0, 0.1) is 19.7 Å². The molecule has 5 rings (SSSR count). The van der Waals surface area contributed by atoms with Gasteiger partial charge in [-0.1, -0.05) is 68.4 Å². The first-order chi connectivity index (χ1) is 16.2. The van der Waals surface area contributed by atoms with Gasteiger partial charge in [-0.25, -0.2) is 4.39 Å². The van der Waals surface area contributed by atoms with Crippen LogP contribution in [0.15, 0.2) is 78.9 Å². The number of fused-ring (bicyclic) bond motifs is 3. The molecular formula is C32H32FN. The summed E-state index contributed by atoms with van der Waals surface area (Å²) >= 11 is 0. The van der Waals surface area contributed by atoms with Gasteiger partial charge in [0.25, 0.3) is 0 Å². The molecule has 1 aliphatic carbocycles. The summed E-state index contributed by atoms with van der Waals surface area (Å²) in [6.45, 7) is 13.3. The summed E-state index contributed by atoms with van der Waals surface area (Å²) in [6.07, 6.45) is 0. The number of hydrogen-bond donors (Lipinski definition) is 0. The number of rotatable bonds is 4. The normalized spacial score (nSPS) is 13.6. The Bertz CT molecular complexity index is 1380. The van der Waals surface area contributed by atoms with Crippen molar-refractivity contribution in [2.24, 2.45) is 0 Å². The Morgan fingerprint density at radius 1 is 0.676 bits per heavy atom. The smallest absolute Gasteiger partial charge is 0.123 e. The molecule has 4 aromatic rings.